The van der Waals surface area contributed by atoms with Crippen LogP contribution in [0.5, 0.6) is 0 Å². The molecular weight excluding hydrogens is 592 g/mol. The third-order valence-corrected chi connectivity index (χ3v) is 9.52. The number of carbonyl (C=O) groups is 2. The van der Waals surface area contributed by atoms with Crippen LogP contribution in [-0.2, 0) is 26.1 Å². The highest BCUT2D eigenvalue weighted by Gasteiger charge is 2.33. The number of aliphatic hydroxyl groups excluding tert-OH is 1. The first-order chi connectivity index (χ1) is 21.6. The monoisotopic (exact) mass is 638 g/mol. The number of ether oxygens (including phenoxy) is 1. The topological polar surface area (TPSA) is 151 Å². The number of benzene rings is 3. The first kappa shape index (κ1) is 35.7. The Morgan fingerprint density at radius 1 is 0.911 bits per heavy atom. The molecule has 244 valence electrons. The molecule has 0 aliphatic carbocycles. The molecule has 0 saturated carbocycles. The SMILES string of the molecule is COC(=O)N[C@H](C(=O)NCCCC[C@@H](CO)N(CC(C)C)S(=O)(=O)c1ccc(CN)cc1)C(c1ccccc1)c1ccccc1. The number of amides is 2. The molecule has 0 unspecified atom stereocenters. The van der Waals surface area contributed by atoms with E-state index in [0.29, 0.717) is 32.4 Å². The molecular formula is C34H46N4O6S. The summed E-state index contributed by atoms with van der Waals surface area (Å²) in [5.41, 5.74) is 8.21. The number of alkyl carbamates (subject to hydrolysis) is 1. The Bertz CT molecular complexity index is 1400. The lowest BCUT2D eigenvalue weighted by molar-refractivity contribution is -0.123. The average molecular weight is 639 g/mol. The van der Waals surface area contributed by atoms with Gasteiger partial charge in [-0.3, -0.25) is 4.79 Å². The van der Waals surface area contributed by atoms with Crippen molar-refractivity contribution in [3.63, 3.8) is 0 Å². The van der Waals surface area contributed by atoms with Crippen molar-refractivity contribution in [2.75, 3.05) is 26.8 Å². The van der Waals surface area contributed by atoms with E-state index in [2.05, 4.69) is 10.6 Å². The third kappa shape index (κ3) is 10.1. The second-order valence-corrected chi connectivity index (χ2v) is 13.2. The van der Waals surface area contributed by atoms with Crippen LogP contribution in [-0.4, -0.2) is 68.7 Å². The van der Waals surface area contributed by atoms with E-state index in [1.807, 2.05) is 74.5 Å². The molecule has 0 spiro atoms. The summed E-state index contributed by atoms with van der Waals surface area (Å²) >= 11 is 0. The van der Waals surface area contributed by atoms with Gasteiger partial charge in [0, 0.05) is 31.6 Å². The number of hydrogen-bond donors (Lipinski definition) is 4. The molecule has 45 heavy (non-hydrogen) atoms. The van der Waals surface area contributed by atoms with E-state index in [4.69, 9.17) is 10.5 Å². The number of carbonyl (C=O) groups excluding carboxylic acids is 2. The van der Waals surface area contributed by atoms with Crippen molar-refractivity contribution in [2.45, 2.75) is 62.6 Å². The standard InChI is InChI=1S/C34H46N4O6S/c1-25(2)23-38(45(42,43)30-19-17-26(22-35)18-20-30)29(24-39)16-10-11-21-36-33(40)32(37-34(41)44-3)31(27-12-6-4-7-13-27)28-14-8-5-9-15-28/h4-9,12-15,17-20,25,29,31-32,39H,10-11,16,21-24,35H2,1-3H3,(H,36,40)(H,37,41)/t29-,32-/m0/s1. The summed E-state index contributed by atoms with van der Waals surface area (Å²) in [6.45, 7) is 4.39. The average Bonchev–Trinajstić information content (AvgIpc) is 3.06. The molecule has 11 heteroatoms. The molecule has 0 aliphatic rings. The van der Waals surface area contributed by atoms with E-state index in [1.54, 1.807) is 24.3 Å². The Labute approximate surface area is 267 Å². The second kappa shape index (κ2) is 17.6. The number of unbranched alkanes of at least 4 members (excludes halogenated alkanes) is 1. The smallest absolute Gasteiger partial charge is 0.407 e. The van der Waals surface area contributed by atoms with Gasteiger partial charge in [0.2, 0.25) is 15.9 Å². The molecule has 0 aliphatic heterocycles. The lowest BCUT2D eigenvalue weighted by Gasteiger charge is -2.31. The highest BCUT2D eigenvalue weighted by Crippen LogP contribution is 2.29. The predicted molar refractivity (Wildman–Crippen MR) is 175 cm³/mol. The van der Waals surface area contributed by atoms with Crippen LogP contribution in [0.3, 0.4) is 0 Å². The first-order valence-corrected chi connectivity index (χ1v) is 16.7. The first-order valence-electron chi connectivity index (χ1n) is 15.3. The van der Waals surface area contributed by atoms with Crippen LogP contribution >= 0.6 is 0 Å². The zero-order valence-electron chi connectivity index (χ0n) is 26.3. The lowest BCUT2D eigenvalue weighted by Crippen LogP contribution is -2.50. The van der Waals surface area contributed by atoms with Crippen LogP contribution in [0.25, 0.3) is 0 Å². The van der Waals surface area contributed by atoms with Crippen molar-refractivity contribution in [2.24, 2.45) is 11.7 Å². The molecule has 5 N–H and O–H groups in total. The van der Waals surface area contributed by atoms with Crippen molar-refractivity contribution in [3.05, 3.63) is 102 Å². The Morgan fingerprint density at radius 2 is 1.49 bits per heavy atom. The maximum absolute atomic E-state index is 13.6. The summed E-state index contributed by atoms with van der Waals surface area (Å²) in [6.07, 6.45) is 0.772. The molecule has 3 aromatic rings. The minimum Gasteiger partial charge on any atom is -0.453 e. The molecule has 0 saturated heterocycles. The summed E-state index contributed by atoms with van der Waals surface area (Å²) in [5.74, 6) is -0.807. The second-order valence-electron chi connectivity index (χ2n) is 11.4. The van der Waals surface area contributed by atoms with Crippen molar-refractivity contribution in [3.8, 4) is 0 Å². The number of nitrogens with two attached hydrogens (primary N) is 1. The Morgan fingerprint density at radius 3 is 1.98 bits per heavy atom. The normalized spacial score (nSPS) is 13.1. The van der Waals surface area contributed by atoms with Gasteiger partial charge < -0.3 is 26.2 Å². The van der Waals surface area contributed by atoms with Crippen LogP contribution in [0.2, 0.25) is 0 Å². The fourth-order valence-corrected chi connectivity index (χ4v) is 7.08. The number of nitrogens with one attached hydrogen (secondary N) is 2. The van der Waals surface area contributed by atoms with E-state index >= 15 is 0 Å². The van der Waals surface area contributed by atoms with Gasteiger partial charge in [-0.05, 0) is 47.6 Å². The number of rotatable bonds is 17. The maximum atomic E-state index is 13.6. The fourth-order valence-electron chi connectivity index (χ4n) is 5.27. The quantitative estimate of drug-likeness (QED) is 0.163. The predicted octanol–water partition coefficient (Wildman–Crippen LogP) is 4.00. The van der Waals surface area contributed by atoms with Gasteiger partial charge >= 0.3 is 6.09 Å². The van der Waals surface area contributed by atoms with E-state index < -0.39 is 34.1 Å². The minimum atomic E-state index is -3.87. The summed E-state index contributed by atoms with van der Waals surface area (Å²) in [7, 11) is -2.62. The molecule has 0 heterocycles. The van der Waals surface area contributed by atoms with Crippen LogP contribution in [0.1, 0.15) is 55.7 Å². The summed E-state index contributed by atoms with van der Waals surface area (Å²) in [5, 5.41) is 15.9. The van der Waals surface area contributed by atoms with Crippen LogP contribution in [0, 0.1) is 5.92 Å². The van der Waals surface area contributed by atoms with Crippen molar-refractivity contribution >= 4 is 22.0 Å². The third-order valence-electron chi connectivity index (χ3n) is 7.58. The molecule has 3 rings (SSSR count). The van der Waals surface area contributed by atoms with Gasteiger partial charge in [-0.1, -0.05) is 93.1 Å². The van der Waals surface area contributed by atoms with Gasteiger partial charge in [0.1, 0.15) is 6.04 Å². The Kier molecular flexibility index (Phi) is 14.0. The number of nitrogens with zero attached hydrogens (tertiary/aromatic N) is 1. The summed E-state index contributed by atoms with van der Waals surface area (Å²) < 4.78 is 33.5. The van der Waals surface area contributed by atoms with Crippen molar-refractivity contribution < 1.29 is 27.9 Å². The summed E-state index contributed by atoms with van der Waals surface area (Å²) in [4.78, 5) is 26.1. The van der Waals surface area contributed by atoms with Crippen LogP contribution in [0.15, 0.2) is 89.8 Å². The van der Waals surface area contributed by atoms with Crippen LogP contribution in [0.4, 0.5) is 4.79 Å². The van der Waals surface area contributed by atoms with E-state index in [9.17, 15) is 23.1 Å². The molecule has 0 aromatic heterocycles. The highest BCUT2D eigenvalue weighted by molar-refractivity contribution is 7.89. The number of hydrogen-bond acceptors (Lipinski definition) is 7. The number of aliphatic hydroxyl groups is 1. The molecule has 3 aromatic carbocycles. The highest BCUT2D eigenvalue weighted by atomic mass is 32.2. The lowest BCUT2D eigenvalue weighted by atomic mass is 9.84. The van der Waals surface area contributed by atoms with Crippen molar-refractivity contribution in [1.29, 1.82) is 0 Å². The number of sulfonamides is 1. The van der Waals surface area contributed by atoms with Gasteiger partial charge in [0.05, 0.1) is 18.6 Å². The van der Waals surface area contributed by atoms with Gasteiger partial charge in [-0.2, -0.15) is 4.31 Å². The minimum absolute atomic E-state index is 0.0397. The van der Waals surface area contributed by atoms with E-state index in [1.165, 1.54) is 11.4 Å². The largest absolute Gasteiger partial charge is 0.453 e. The molecule has 0 bridgehead atoms. The van der Waals surface area contributed by atoms with Crippen LogP contribution < -0.4 is 16.4 Å². The fraction of sp³-hybridized carbons (Fsp3) is 0.412. The molecule has 10 nitrogen and oxygen atoms in total. The van der Waals surface area contributed by atoms with E-state index in [0.717, 1.165) is 16.7 Å². The van der Waals surface area contributed by atoms with Gasteiger partial charge in [0.25, 0.3) is 0 Å². The maximum Gasteiger partial charge on any atom is 0.407 e. The molecule has 2 atom stereocenters. The van der Waals surface area contributed by atoms with Gasteiger partial charge in [-0.25, -0.2) is 13.2 Å². The van der Waals surface area contributed by atoms with Gasteiger partial charge in [-0.15, -0.1) is 0 Å². The zero-order chi connectivity index (χ0) is 32.8. The summed E-state index contributed by atoms with van der Waals surface area (Å²) in [6, 6.07) is 23.9. The molecule has 0 radical (unpaired) electrons. The van der Waals surface area contributed by atoms with Crippen molar-refractivity contribution in [1.82, 2.24) is 14.9 Å². The van der Waals surface area contributed by atoms with Gasteiger partial charge in [0.15, 0.2) is 0 Å². The van der Waals surface area contributed by atoms with E-state index in [-0.39, 0.29) is 29.9 Å². The number of methoxy groups -OCH3 is 1. The molecule has 2 amide bonds. The Balaban J connectivity index is 1.70. The Hall–Kier alpha value is -3.77. The zero-order valence-corrected chi connectivity index (χ0v) is 27.1. The molecule has 0 fully saturated rings.